The molecule has 2 N–H and O–H groups in total. The number of aromatic nitrogens is 5. The summed E-state index contributed by atoms with van der Waals surface area (Å²) in [6.45, 7) is 6.47. The fourth-order valence-corrected chi connectivity index (χ4v) is 7.97. The molecule has 4 aromatic heterocycles. The van der Waals surface area contributed by atoms with Crippen LogP contribution in [0, 0.1) is 16.7 Å². The first-order valence-electron chi connectivity index (χ1n) is 15.9. The van der Waals surface area contributed by atoms with E-state index in [0.29, 0.717) is 10.8 Å². The molecule has 238 valence electrons. The van der Waals surface area contributed by atoms with Gasteiger partial charge in [0.2, 0.25) is 0 Å². The van der Waals surface area contributed by atoms with Crippen LogP contribution < -0.4 is 0 Å². The predicted octanol–water partition coefficient (Wildman–Crippen LogP) is 9.20. The molecule has 8 rings (SSSR count). The summed E-state index contributed by atoms with van der Waals surface area (Å²) in [5.74, 6) is -0.0235. The molecule has 0 amide bonds. The van der Waals surface area contributed by atoms with E-state index >= 15 is 0 Å². The van der Waals surface area contributed by atoms with Gasteiger partial charge in [0.15, 0.2) is 5.01 Å². The van der Waals surface area contributed by atoms with Crippen LogP contribution in [0.1, 0.15) is 43.2 Å². The molecule has 0 saturated carbocycles. The Kier molecular flexibility index (Phi) is 7.69. The van der Waals surface area contributed by atoms with Crippen molar-refractivity contribution in [2.45, 2.75) is 26.2 Å². The van der Waals surface area contributed by atoms with E-state index in [1.54, 1.807) is 12.4 Å². The maximum Gasteiger partial charge on any atom is 0.166 e. The first-order valence-corrected chi connectivity index (χ1v) is 17.5. The first kappa shape index (κ1) is 30.9. The maximum absolute atomic E-state index is 8.95. The third kappa shape index (κ3) is 5.62. The number of aliphatic imine (C=N–C) groups is 1. The second-order valence-corrected chi connectivity index (χ2v) is 14.5. The Labute approximate surface area is 292 Å². The van der Waals surface area contributed by atoms with E-state index in [9.17, 15) is 0 Å². The molecule has 2 aromatic carbocycles. The van der Waals surface area contributed by atoms with Gasteiger partial charge in [0, 0.05) is 34.9 Å². The second-order valence-electron chi connectivity index (χ2n) is 12.5. The van der Waals surface area contributed by atoms with Gasteiger partial charge in [-0.25, -0.2) is 9.98 Å². The van der Waals surface area contributed by atoms with Gasteiger partial charge < -0.3 is 0 Å². The van der Waals surface area contributed by atoms with Crippen molar-refractivity contribution in [3.8, 4) is 43.8 Å². The smallest absolute Gasteiger partial charge is 0.166 e. The molecule has 0 bridgehead atoms. The van der Waals surface area contributed by atoms with Gasteiger partial charge in [-0.3, -0.25) is 20.8 Å². The molecular weight excluding hydrogens is 645 g/mol. The number of benzene rings is 2. The number of pyridine rings is 3. The molecule has 49 heavy (non-hydrogen) atoms. The lowest BCUT2D eigenvalue weighted by Crippen LogP contribution is -2.17. The minimum absolute atomic E-state index is 0.0235. The van der Waals surface area contributed by atoms with Gasteiger partial charge in [0.1, 0.15) is 20.8 Å². The van der Waals surface area contributed by atoms with Crippen LogP contribution in [0.3, 0.4) is 0 Å². The summed E-state index contributed by atoms with van der Waals surface area (Å²) in [4.78, 5) is 18.4. The van der Waals surface area contributed by atoms with Crippen LogP contribution in [0.2, 0.25) is 0 Å². The molecule has 8 nitrogen and oxygen atoms in total. The highest BCUT2D eigenvalue weighted by atomic mass is 32.2. The van der Waals surface area contributed by atoms with E-state index in [1.807, 2.05) is 73.7 Å². The Morgan fingerprint density at radius 1 is 0.714 bits per heavy atom. The summed E-state index contributed by atoms with van der Waals surface area (Å²) in [7, 11) is 0. The maximum atomic E-state index is 8.95. The zero-order valence-electron chi connectivity index (χ0n) is 27.0. The molecule has 1 aliphatic carbocycles. The number of thioether (sulfide) groups is 1. The lowest BCUT2D eigenvalue weighted by Gasteiger charge is -2.22. The molecule has 0 fully saturated rings. The third-order valence-corrected chi connectivity index (χ3v) is 10.8. The van der Waals surface area contributed by atoms with Gasteiger partial charge >= 0.3 is 0 Å². The summed E-state index contributed by atoms with van der Waals surface area (Å²) < 4.78 is 0. The van der Waals surface area contributed by atoms with Crippen molar-refractivity contribution in [2.75, 3.05) is 0 Å². The van der Waals surface area contributed by atoms with Gasteiger partial charge in [-0.15, -0.1) is 10.2 Å². The molecule has 5 heterocycles. The van der Waals surface area contributed by atoms with Crippen molar-refractivity contribution >= 4 is 44.6 Å². The summed E-state index contributed by atoms with van der Waals surface area (Å²) in [5, 5.41) is 29.0. The van der Waals surface area contributed by atoms with E-state index < -0.39 is 0 Å². The van der Waals surface area contributed by atoms with E-state index in [1.165, 1.54) is 22.5 Å². The van der Waals surface area contributed by atoms with E-state index in [4.69, 9.17) is 20.8 Å². The molecule has 0 spiro atoms. The zero-order chi connectivity index (χ0) is 33.7. The number of nitrogens with one attached hydrogen (secondary N) is 2. The van der Waals surface area contributed by atoms with Crippen molar-refractivity contribution < 1.29 is 0 Å². The van der Waals surface area contributed by atoms with E-state index in [2.05, 4.69) is 64.3 Å². The highest BCUT2D eigenvalue weighted by Gasteiger charge is 2.36. The molecule has 0 saturated heterocycles. The molecule has 10 heteroatoms. The number of nitrogens with zero attached hydrogens (tertiary/aromatic N) is 6. The Hall–Kier alpha value is -5.45. The van der Waals surface area contributed by atoms with Crippen LogP contribution in [0.4, 0.5) is 0 Å². The van der Waals surface area contributed by atoms with Crippen LogP contribution in [0.5, 0.6) is 0 Å². The van der Waals surface area contributed by atoms with Crippen LogP contribution in [-0.2, 0) is 5.41 Å². The van der Waals surface area contributed by atoms with Gasteiger partial charge in [-0.2, -0.15) is 0 Å². The highest BCUT2D eigenvalue weighted by Crippen LogP contribution is 2.50. The van der Waals surface area contributed by atoms with Gasteiger partial charge in [-0.05, 0) is 88.6 Å². The monoisotopic (exact) mass is 674 g/mol. The number of hydrogen-bond donors (Lipinski definition) is 2. The normalized spacial score (nSPS) is 15.7. The minimum Gasteiger partial charge on any atom is -0.293 e. The number of hydrogen-bond acceptors (Lipinski definition) is 10. The van der Waals surface area contributed by atoms with Crippen molar-refractivity contribution in [3.63, 3.8) is 0 Å². The lowest BCUT2D eigenvalue weighted by atomic mass is 9.81. The molecule has 1 atom stereocenters. The van der Waals surface area contributed by atoms with Crippen LogP contribution in [-0.4, -0.2) is 40.9 Å². The largest absolute Gasteiger partial charge is 0.293 e. The van der Waals surface area contributed by atoms with Gasteiger partial charge in [0.25, 0.3) is 0 Å². The van der Waals surface area contributed by atoms with Crippen molar-refractivity contribution in [2.24, 2.45) is 10.9 Å². The summed E-state index contributed by atoms with van der Waals surface area (Å²) in [6, 6.07) is 30.1. The topological polar surface area (TPSA) is 125 Å². The molecule has 0 radical (unpaired) electrons. The van der Waals surface area contributed by atoms with Gasteiger partial charge in [0.05, 0.1) is 28.5 Å². The third-order valence-electron chi connectivity index (χ3n) is 8.95. The van der Waals surface area contributed by atoms with E-state index in [0.717, 1.165) is 72.5 Å². The fourth-order valence-electron chi connectivity index (χ4n) is 6.38. The Bertz CT molecular complexity index is 2340. The quantitative estimate of drug-likeness (QED) is 0.134. The number of rotatable bonds is 6. The predicted molar refractivity (Wildman–Crippen MR) is 200 cm³/mol. The van der Waals surface area contributed by atoms with Crippen molar-refractivity contribution in [1.29, 1.82) is 10.8 Å². The molecule has 2 aliphatic rings. The first-order chi connectivity index (χ1) is 23.8. The summed E-state index contributed by atoms with van der Waals surface area (Å²) in [6.07, 6.45) is 5.54. The molecular formula is C39H30N8S2. The summed E-state index contributed by atoms with van der Waals surface area (Å²) in [5.41, 5.74) is 10.8. The van der Waals surface area contributed by atoms with Crippen LogP contribution in [0.15, 0.2) is 114 Å². The van der Waals surface area contributed by atoms with Gasteiger partial charge in [-0.1, -0.05) is 74.6 Å². The Morgan fingerprint density at radius 2 is 1.39 bits per heavy atom. The van der Waals surface area contributed by atoms with E-state index in [-0.39, 0.29) is 16.4 Å². The Morgan fingerprint density at radius 3 is 2.14 bits per heavy atom. The molecule has 6 aromatic rings. The van der Waals surface area contributed by atoms with Crippen LogP contribution >= 0.6 is 23.1 Å². The fraction of sp³-hybridized carbons (Fsp3) is 0.128. The minimum atomic E-state index is -0.299. The van der Waals surface area contributed by atoms with Crippen molar-refractivity contribution in [3.05, 3.63) is 132 Å². The second kappa shape index (κ2) is 12.2. The highest BCUT2D eigenvalue weighted by molar-refractivity contribution is 8.28. The zero-order valence-corrected chi connectivity index (χ0v) is 28.6. The Balaban J connectivity index is 1.02. The van der Waals surface area contributed by atoms with Crippen LogP contribution in [0.25, 0.3) is 49.5 Å². The average Bonchev–Trinajstić information content (AvgIpc) is 3.84. The lowest BCUT2D eigenvalue weighted by molar-refractivity contribution is 0.660. The number of fused-ring (bicyclic) bond motifs is 3. The molecule has 1 unspecified atom stereocenters. The molecule has 1 aliphatic heterocycles. The standard InChI is InChI=1S/C39H30N8S2/c1-22-19-33(30-10-5-7-18-43-30)45-34(22)36(41)48-35(40)23-13-15-25-26-16-14-24(21-28(26)39(2,3)27(25)20-23)37-46-47-38(49-37)32-12-8-11-31(44-32)29-9-4-6-17-42-29/h4-22,40-41H,1-3H3. The average molecular weight is 675 g/mol. The SMILES string of the molecule is CC1C=C(c2ccccn2)N=C1C(=N)SC(=N)c1ccc2c(c1)C(C)(C)c1cc(-c3nnc(-c4cccc(-c5ccccn5)n4)s3)ccc1-2. The number of allylic oxidation sites excluding steroid dienone is 1. The summed E-state index contributed by atoms with van der Waals surface area (Å²) >= 11 is 2.66. The van der Waals surface area contributed by atoms with Crippen molar-refractivity contribution in [1.82, 2.24) is 25.1 Å².